The molecular weight excluding hydrogens is 452 g/mol. The first-order chi connectivity index (χ1) is 16.7. The maximum Gasteiger partial charge on any atom is 0.162 e. The molecule has 0 saturated carbocycles. The molecule has 0 saturated heterocycles. The van der Waals surface area contributed by atoms with Crippen molar-refractivity contribution < 1.29 is 9.90 Å². The van der Waals surface area contributed by atoms with Crippen LogP contribution in [0.25, 0.3) is 5.76 Å². The Hall–Kier alpha value is -3.44. The summed E-state index contributed by atoms with van der Waals surface area (Å²) >= 11 is 1.56. The molecule has 5 rings (SSSR count). The fourth-order valence-corrected chi connectivity index (χ4v) is 6.12. The monoisotopic (exact) mass is 482 g/mol. The molecule has 0 bridgehead atoms. The third kappa shape index (κ3) is 4.14. The highest BCUT2D eigenvalue weighted by Gasteiger charge is 2.47. The fourth-order valence-electron chi connectivity index (χ4n) is 5.27. The number of carbonyl (C=O) groups is 1. The second-order valence-corrected chi connectivity index (χ2v) is 11.4. The lowest BCUT2D eigenvalue weighted by atomic mass is 9.68. The molecule has 1 aromatic heterocycles. The van der Waals surface area contributed by atoms with Crippen LogP contribution in [0.1, 0.15) is 54.2 Å². The van der Waals surface area contributed by atoms with Crippen LogP contribution in [-0.4, -0.2) is 16.7 Å². The number of allylic oxidation sites excluding steroid dienone is 2. The van der Waals surface area contributed by atoms with Crippen molar-refractivity contribution in [3.63, 3.8) is 0 Å². The highest BCUT2D eigenvalue weighted by atomic mass is 32.1. The summed E-state index contributed by atoms with van der Waals surface area (Å²) in [5.74, 6) is -0.107. The van der Waals surface area contributed by atoms with Crippen molar-refractivity contribution in [2.45, 2.75) is 46.5 Å². The third-order valence-corrected chi connectivity index (χ3v) is 7.83. The number of rotatable bonds is 3. The Labute approximate surface area is 210 Å². The number of nitrogens with one attached hydrogen (secondary N) is 1. The zero-order valence-electron chi connectivity index (χ0n) is 20.6. The smallest absolute Gasteiger partial charge is 0.162 e. The van der Waals surface area contributed by atoms with Gasteiger partial charge in [0.05, 0.1) is 11.5 Å². The van der Waals surface area contributed by atoms with Crippen LogP contribution in [0.4, 0.5) is 5.69 Å². The van der Waals surface area contributed by atoms with Crippen LogP contribution in [0, 0.1) is 24.7 Å². The number of aliphatic hydroxyl groups excluding tert-OH is 1. The highest BCUT2D eigenvalue weighted by molar-refractivity contribution is 7.10. The Morgan fingerprint density at radius 3 is 2.43 bits per heavy atom. The van der Waals surface area contributed by atoms with Crippen LogP contribution in [0.2, 0.25) is 0 Å². The number of Topliss-reactive ketones (excluding diaryl/α,β-unsaturated/α-hetero) is 1. The predicted molar refractivity (Wildman–Crippen MR) is 144 cm³/mol. The average Bonchev–Trinajstić information content (AvgIpc) is 3.32. The first-order valence-corrected chi connectivity index (χ1v) is 12.8. The Balaban J connectivity index is 1.84. The molecule has 2 aliphatic rings. The SMILES string of the molecule is Cc1ccc(/C(O)=C2\C(=N)N(c3cccc(C)c3)C3=C(C(=O)CC(C)(C)C3)C2c2cccs2)cc1. The number of aryl methyl sites for hydroxylation is 2. The van der Waals surface area contributed by atoms with Crippen LogP contribution in [0.15, 0.2) is 82.9 Å². The van der Waals surface area contributed by atoms with Crippen molar-refractivity contribution in [2.24, 2.45) is 5.41 Å². The van der Waals surface area contributed by atoms with Gasteiger partial charge >= 0.3 is 0 Å². The number of anilines is 1. The zero-order chi connectivity index (χ0) is 24.9. The van der Waals surface area contributed by atoms with Crippen LogP contribution in [0.5, 0.6) is 0 Å². The predicted octanol–water partition coefficient (Wildman–Crippen LogP) is 7.56. The lowest BCUT2D eigenvalue weighted by Gasteiger charge is -2.45. The molecule has 1 aliphatic carbocycles. The van der Waals surface area contributed by atoms with Gasteiger partial charge < -0.3 is 5.11 Å². The number of benzene rings is 2. The van der Waals surface area contributed by atoms with Gasteiger partial charge in [0.1, 0.15) is 11.6 Å². The number of thiophene rings is 1. The maximum atomic E-state index is 13.8. The standard InChI is InChI=1S/C30H30N2O2S/c1-18-10-12-20(13-11-18)28(34)27-26(24-9-6-14-35-24)25-22(16-30(3,4)17-23(25)33)32(29(27)31)21-8-5-7-19(2)15-21/h5-15,26,31,34H,16-17H2,1-4H3/b28-27+,31-29?. The van der Waals surface area contributed by atoms with Crippen molar-refractivity contribution >= 4 is 34.4 Å². The van der Waals surface area contributed by atoms with Gasteiger partial charge in [-0.2, -0.15) is 0 Å². The van der Waals surface area contributed by atoms with Gasteiger partial charge in [0.15, 0.2) is 5.78 Å². The van der Waals surface area contributed by atoms with Crippen LogP contribution < -0.4 is 4.90 Å². The van der Waals surface area contributed by atoms with E-state index in [1.165, 1.54) is 0 Å². The van der Waals surface area contributed by atoms with Crippen molar-refractivity contribution in [1.82, 2.24) is 0 Å². The number of amidine groups is 1. The van der Waals surface area contributed by atoms with Crippen molar-refractivity contribution in [2.75, 3.05) is 4.90 Å². The van der Waals surface area contributed by atoms with E-state index in [2.05, 4.69) is 13.8 Å². The van der Waals surface area contributed by atoms with E-state index in [0.717, 1.165) is 27.4 Å². The molecule has 0 amide bonds. The van der Waals surface area contributed by atoms with Gasteiger partial charge in [0, 0.05) is 33.8 Å². The molecule has 2 aromatic carbocycles. The summed E-state index contributed by atoms with van der Waals surface area (Å²) in [7, 11) is 0. The summed E-state index contributed by atoms with van der Waals surface area (Å²) in [6.45, 7) is 8.26. The van der Waals surface area contributed by atoms with E-state index in [-0.39, 0.29) is 22.8 Å². The number of ketones is 1. The van der Waals surface area contributed by atoms with Crippen LogP contribution in [-0.2, 0) is 4.79 Å². The molecule has 4 nitrogen and oxygen atoms in total. The lowest BCUT2D eigenvalue weighted by molar-refractivity contribution is -0.118. The molecule has 1 unspecified atom stereocenters. The molecule has 1 atom stereocenters. The van der Waals surface area contributed by atoms with Gasteiger partial charge in [-0.1, -0.05) is 61.9 Å². The molecule has 178 valence electrons. The quantitative estimate of drug-likeness (QED) is 0.379. The van der Waals surface area contributed by atoms with Gasteiger partial charge in [0.25, 0.3) is 0 Å². The maximum absolute atomic E-state index is 13.8. The summed E-state index contributed by atoms with van der Waals surface area (Å²) in [5.41, 5.74) is 5.51. The lowest BCUT2D eigenvalue weighted by Crippen LogP contribution is -2.45. The summed E-state index contributed by atoms with van der Waals surface area (Å²) < 4.78 is 0. The second kappa shape index (κ2) is 8.65. The minimum Gasteiger partial charge on any atom is -0.507 e. The number of aliphatic hydroxyl groups is 1. The number of carbonyl (C=O) groups excluding carboxylic acids is 1. The molecule has 0 radical (unpaired) electrons. The van der Waals surface area contributed by atoms with E-state index >= 15 is 0 Å². The summed E-state index contributed by atoms with van der Waals surface area (Å²) in [6.07, 6.45) is 1.13. The van der Waals surface area contributed by atoms with Crippen LogP contribution >= 0.6 is 11.3 Å². The molecule has 5 heteroatoms. The van der Waals surface area contributed by atoms with E-state index in [9.17, 15) is 15.3 Å². The van der Waals surface area contributed by atoms with E-state index in [0.29, 0.717) is 29.6 Å². The Bertz CT molecular complexity index is 1380. The number of hydrogen-bond donors (Lipinski definition) is 2. The number of hydrogen-bond acceptors (Lipinski definition) is 4. The van der Waals surface area contributed by atoms with Gasteiger partial charge in [-0.3, -0.25) is 15.1 Å². The minimum atomic E-state index is -0.469. The fraction of sp³-hybridized carbons (Fsp3) is 0.267. The molecule has 0 fully saturated rings. The minimum absolute atomic E-state index is 0.0511. The first kappa shape index (κ1) is 23.3. The third-order valence-electron chi connectivity index (χ3n) is 6.89. The summed E-state index contributed by atoms with van der Waals surface area (Å²) in [5, 5.41) is 23.1. The average molecular weight is 483 g/mol. The van der Waals surface area contributed by atoms with Crippen LogP contribution in [0.3, 0.4) is 0 Å². The Morgan fingerprint density at radius 2 is 1.77 bits per heavy atom. The zero-order valence-corrected chi connectivity index (χ0v) is 21.4. The van der Waals surface area contributed by atoms with E-state index in [1.807, 2.05) is 84.8 Å². The van der Waals surface area contributed by atoms with Gasteiger partial charge in [-0.15, -0.1) is 11.3 Å². The van der Waals surface area contributed by atoms with E-state index in [1.54, 1.807) is 11.3 Å². The number of nitrogens with zero attached hydrogens (tertiary/aromatic N) is 1. The second-order valence-electron chi connectivity index (χ2n) is 10.4. The van der Waals surface area contributed by atoms with Gasteiger partial charge in [-0.05, 0) is 54.8 Å². The Kier molecular flexibility index (Phi) is 5.76. The van der Waals surface area contributed by atoms with Gasteiger partial charge in [0.2, 0.25) is 0 Å². The van der Waals surface area contributed by atoms with Gasteiger partial charge in [-0.25, -0.2) is 0 Å². The Morgan fingerprint density at radius 1 is 1.03 bits per heavy atom. The first-order valence-electron chi connectivity index (χ1n) is 11.9. The molecule has 35 heavy (non-hydrogen) atoms. The topological polar surface area (TPSA) is 64.4 Å². The normalized spacial score (nSPS) is 21.3. The van der Waals surface area contributed by atoms with Crippen molar-refractivity contribution in [3.8, 4) is 0 Å². The molecule has 1 aliphatic heterocycles. The summed E-state index contributed by atoms with van der Waals surface area (Å²) in [4.78, 5) is 16.7. The largest absolute Gasteiger partial charge is 0.507 e. The van der Waals surface area contributed by atoms with Crippen molar-refractivity contribution in [3.05, 3.63) is 104 Å². The summed E-state index contributed by atoms with van der Waals surface area (Å²) in [6, 6.07) is 19.7. The molecular formula is C30H30N2O2S. The van der Waals surface area contributed by atoms with Crippen molar-refractivity contribution in [1.29, 1.82) is 5.41 Å². The molecule has 0 spiro atoms. The van der Waals surface area contributed by atoms with E-state index < -0.39 is 5.92 Å². The molecule has 2 heterocycles. The molecule has 2 N–H and O–H groups in total. The highest BCUT2D eigenvalue weighted by Crippen LogP contribution is 2.52. The molecule has 3 aromatic rings. The van der Waals surface area contributed by atoms with E-state index in [4.69, 9.17) is 0 Å².